The first-order chi connectivity index (χ1) is 9.25. The molecule has 0 aromatic heterocycles. The lowest BCUT2D eigenvalue weighted by molar-refractivity contribution is 0.0935. The number of nitrogens with one attached hydrogen (secondary N) is 1. The zero-order chi connectivity index (χ0) is 15.0. The van der Waals surface area contributed by atoms with E-state index in [9.17, 15) is 13.2 Å². The van der Waals surface area contributed by atoms with Crippen LogP contribution in [-0.2, 0) is 10.0 Å². The lowest BCUT2D eigenvalue weighted by Gasteiger charge is -2.13. The van der Waals surface area contributed by atoms with Gasteiger partial charge in [-0.2, -0.15) is 0 Å². The largest absolute Gasteiger partial charge is 0.492 e. The molecule has 0 atom stereocenters. The Morgan fingerprint density at radius 2 is 2.10 bits per heavy atom. The van der Waals surface area contributed by atoms with Gasteiger partial charge in [0.25, 0.3) is 5.91 Å². The normalized spacial score (nSPS) is 16.6. The van der Waals surface area contributed by atoms with Gasteiger partial charge in [0.05, 0.1) is 6.61 Å². The number of benzene rings is 1. The maximum atomic E-state index is 12.1. The Labute approximate surface area is 118 Å². The van der Waals surface area contributed by atoms with Crippen molar-refractivity contribution in [2.24, 2.45) is 5.14 Å². The average molecular weight is 298 g/mol. The Balaban J connectivity index is 2.34. The second-order valence-electron chi connectivity index (χ2n) is 5.15. The van der Waals surface area contributed by atoms with Crippen LogP contribution in [0.5, 0.6) is 5.75 Å². The topological polar surface area (TPSA) is 98.5 Å². The van der Waals surface area contributed by atoms with Crippen LogP contribution in [0.25, 0.3) is 0 Å². The number of amides is 1. The highest BCUT2D eigenvalue weighted by Gasteiger charge is 2.38. The first kappa shape index (κ1) is 14.8. The molecule has 1 aromatic rings. The molecule has 1 aliphatic carbocycles. The molecule has 0 bridgehead atoms. The van der Waals surface area contributed by atoms with E-state index in [4.69, 9.17) is 9.88 Å². The van der Waals surface area contributed by atoms with Crippen LogP contribution in [0.3, 0.4) is 0 Å². The van der Waals surface area contributed by atoms with Crippen LogP contribution in [0.4, 0.5) is 0 Å². The van der Waals surface area contributed by atoms with Crippen LogP contribution in [0.1, 0.15) is 37.0 Å². The van der Waals surface area contributed by atoms with Gasteiger partial charge in [-0.15, -0.1) is 0 Å². The second-order valence-corrected chi connectivity index (χ2v) is 6.68. The first-order valence-corrected chi connectivity index (χ1v) is 7.92. The monoisotopic (exact) mass is 298 g/mol. The zero-order valence-electron chi connectivity index (χ0n) is 11.5. The number of rotatable bonds is 5. The number of nitrogens with two attached hydrogens (primary N) is 1. The van der Waals surface area contributed by atoms with E-state index in [1.165, 1.54) is 18.2 Å². The van der Waals surface area contributed by atoms with Crippen LogP contribution in [0.15, 0.2) is 23.1 Å². The van der Waals surface area contributed by atoms with Crippen molar-refractivity contribution in [3.8, 4) is 5.75 Å². The SMILES string of the molecule is CCOc1ccc(C(=O)NC2(C)CC2)cc1S(N)(=O)=O. The number of sulfonamides is 1. The van der Waals surface area contributed by atoms with Gasteiger partial charge in [0, 0.05) is 11.1 Å². The highest BCUT2D eigenvalue weighted by atomic mass is 32.2. The fourth-order valence-corrected chi connectivity index (χ4v) is 2.50. The standard InChI is InChI=1S/C13H18N2O4S/c1-3-19-10-5-4-9(8-11(10)20(14,17)18)12(16)15-13(2)6-7-13/h4-5,8H,3,6-7H2,1-2H3,(H,15,16)(H2,14,17,18). The lowest BCUT2D eigenvalue weighted by Crippen LogP contribution is -2.34. The van der Waals surface area contributed by atoms with Crippen LogP contribution < -0.4 is 15.2 Å². The van der Waals surface area contributed by atoms with Gasteiger partial charge in [0.2, 0.25) is 10.0 Å². The van der Waals surface area contributed by atoms with Gasteiger partial charge < -0.3 is 10.1 Å². The predicted molar refractivity (Wildman–Crippen MR) is 74.1 cm³/mol. The summed E-state index contributed by atoms with van der Waals surface area (Å²) in [6.07, 6.45) is 1.86. The van der Waals surface area contributed by atoms with Crippen LogP contribution in [-0.4, -0.2) is 26.5 Å². The Kier molecular flexibility index (Phi) is 3.75. The van der Waals surface area contributed by atoms with Crippen LogP contribution in [0, 0.1) is 0 Å². The van der Waals surface area contributed by atoms with Gasteiger partial charge in [-0.3, -0.25) is 4.79 Å². The van der Waals surface area contributed by atoms with Crippen molar-refractivity contribution in [3.05, 3.63) is 23.8 Å². The second kappa shape index (κ2) is 5.06. The average Bonchev–Trinajstić information content (AvgIpc) is 3.06. The molecule has 1 aromatic carbocycles. The molecule has 6 nitrogen and oxygen atoms in total. The van der Waals surface area contributed by atoms with Crippen molar-refractivity contribution >= 4 is 15.9 Å². The number of hydrogen-bond donors (Lipinski definition) is 2. The summed E-state index contributed by atoms with van der Waals surface area (Å²) in [6.45, 7) is 3.99. The van der Waals surface area contributed by atoms with Crippen LogP contribution >= 0.6 is 0 Å². The lowest BCUT2D eigenvalue weighted by atomic mass is 10.2. The highest BCUT2D eigenvalue weighted by Crippen LogP contribution is 2.34. The molecule has 2 rings (SSSR count). The molecule has 1 aliphatic rings. The Hall–Kier alpha value is -1.60. The maximum absolute atomic E-state index is 12.1. The van der Waals surface area contributed by atoms with Gasteiger partial charge in [-0.05, 0) is 44.9 Å². The van der Waals surface area contributed by atoms with Crippen molar-refractivity contribution in [1.82, 2.24) is 5.32 Å². The molecular formula is C13H18N2O4S. The summed E-state index contributed by atoms with van der Waals surface area (Å²) in [7, 11) is -3.94. The summed E-state index contributed by atoms with van der Waals surface area (Å²) in [6, 6.07) is 4.23. The maximum Gasteiger partial charge on any atom is 0.251 e. The van der Waals surface area contributed by atoms with Crippen molar-refractivity contribution in [1.29, 1.82) is 0 Å². The summed E-state index contributed by atoms with van der Waals surface area (Å²) in [5, 5.41) is 8.02. The predicted octanol–water partition coefficient (Wildman–Crippen LogP) is 1.01. The van der Waals surface area contributed by atoms with E-state index in [0.717, 1.165) is 12.8 Å². The molecule has 0 unspecified atom stereocenters. The molecule has 0 aliphatic heterocycles. The van der Waals surface area contributed by atoms with E-state index in [1.54, 1.807) is 6.92 Å². The quantitative estimate of drug-likeness (QED) is 0.847. The highest BCUT2D eigenvalue weighted by molar-refractivity contribution is 7.89. The minimum Gasteiger partial charge on any atom is -0.492 e. The molecule has 110 valence electrons. The number of carbonyl (C=O) groups is 1. The van der Waals surface area contributed by atoms with Gasteiger partial charge >= 0.3 is 0 Å². The zero-order valence-corrected chi connectivity index (χ0v) is 12.3. The molecule has 0 heterocycles. The van der Waals surface area contributed by atoms with Gasteiger partial charge in [-0.25, -0.2) is 13.6 Å². The van der Waals surface area contributed by atoms with Gasteiger partial charge in [0.1, 0.15) is 10.6 Å². The Morgan fingerprint density at radius 1 is 1.45 bits per heavy atom. The molecule has 20 heavy (non-hydrogen) atoms. The van der Waals surface area contributed by atoms with E-state index >= 15 is 0 Å². The van der Waals surface area contributed by atoms with Crippen molar-refractivity contribution < 1.29 is 17.9 Å². The van der Waals surface area contributed by atoms with Crippen molar-refractivity contribution in [2.45, 2.75) is 37.1 Å². The molecule has 1 saturated carbocycles. The minimum absolute atomic E-state index is 0.157. The third-order valence-electron chi connectivity index (χ3n) is 3.23. The van der Waals surface area contributed by atoms with E-state index in [2.05, 4.69) is 5.32 Å². The summed E-state index contributed by atoms with van der Waals surface area (Å²) in [5.74, 6) is -0.151. The summed E-state index contributed by atoms with van der Waals surface area (Å²) < 4.78 is 28.4. The molecule has 0 radical (unpaired) electrons. The molecule has 1 amide bonds. The first-order valence-electron chi connectivity index (χ1n) is 6.37. The summed E-state index contributed by atoms with van der Waals surface area (Å²) in [5.41, 5.74) is 0.0860. The van der Waals surface area contributed by atoms with Crippen molar-refractivity contribution in [3.63, 3.8) is 0 Å². The number of primary sulfonamides is 1. The number of ether oxygens (including phenoxy) is 1. The summed E-state index contributed by atoms with van der Waals surface area (Å²) in [4.78, 5) is 11.9. The molecule has 1 fully saturated rings. The number of carbonyl (C=O) groups excluding carboxylic acids is 1. The van der Waals surface area contributed by atoms with E-state index in [0.29, 0.717) is 6.61 Å². The molecule has 3 N–H and O–H groups in total. The fourth-order valence-electron chi connectivity index (χ4n) is 1.81. The van der Waals surface area contributed by atoms with Gasteiger partial charge in [-0.1, -0.05) is 0 Å². The smallest absolute Gasteiger partial charge is 0.251 e. The molecular weight excluding hydrogens is 280 g/mol. The Morgan fingerprint density at radius 3 is 2.60 bits per heavy atom. The van der Waals surface area contributed by atoms with Gasteiger partial charge in [0.15, 0.2) is 0 Å². The fraction of sp³-hybridized carbons (Fsp3) is 0.462. The van der Waals surface area contributed by atoms with E-state index < -0.39 is 10.0 Å². The minimum atomic E-state index is -3.94. The van der Waals surface area contributed by atoms with E-state index in [1.807, 2.05) is 6.92 Å². The number of hydrogen-bond acceptors (Lipinski definition) is 4. The third-order valence-corrected chi connectivity index (χ3v) is 4.16. The molecule has 0 spiro atoms. The molecule has 0 saturated heterocycles. The molecule has 7 heteroatoms. The van der Waals surface area contributed by atoms with E-state index in [-0.39, 0.29) is 27.7 Å². The Bertz CT molecular complexity index is 636. The third kappa shape index (κ3) is 3.29. The van der Waals surface area contributed by atoms with Crippen LogP contribution in [0.2, 0.25) is 0 Å². The van der Waals surface area contributed by atoms with Crippen molar-refractivity contribution in [2.75, 3.05) is 6.61 Å². The summed E-state index contributed by atoms with van der Waals surface area (Å²) >= 11 is 0.